The molecule has 1 aromatic rings. The molecule has 1 saturated heterocycles. The summed E-state index contributed by atoms with van der Waals surface area (Å²) in [4.78, 5) is 0. The van der Waals surface area contributed by atoms with Gasteiger partial charge in [-0.05, 0) is 43.9 Å². The molecule has 1 aromatic carbocycles. The minimum Gasteiger partial charge on any atom is -0.390 e. The van der Waals surface area contributed by atoms with Crippen molar-refractivity contribution in [3.05, 3.63) is 34.9 Å². The second kappa shape index (κ2) is 5.38. The Kier molecular flexibility index (Phi) is 4.08. The Labute approximate surface area is 108 Å². The lowest BCUT2D eigenvalue weighted by Gasteiger charge is -2.38. The molecular formula is C14H19ClO2. The van der Waals surface area contributed by atoms with Gasteiger partial charge in [0.1, 0.15) is 0 Å². The molecule has 3 heteroatoms. The predicted molar refractivity (Wildman–Crippen MR) is 69.4 cm³/mol. The molecule has 0 aromatic heterocycles. The van der Waals surface area contributed by atoms with Gasteiger partial charge in [-0.2, -0.15) is 0 Å². The van der Waals surface area contributed by atoms with Crippen LogP contribution in [-0.4, -0.2) is 23.4 Å². The highest BCUT2D eigenvalue weighted by atomic mass is 35.5. The van der Waals surface area contributed by atoms with Crippen LogP contribution in [0.5, 0.6) is 0 Å². The van der Waals surface area contributed by atoms with Crippen molar-refractivity contribution in [1.29, 1.82) is 0 Å². The number of halogens is 1. The number of hydrogen-bond acceptors (Lipinski definition) is 2. The van der Waals surface area contributed by atoms with E-state index in [0.717, 1.165) is 36.5 Å². The molecular weight excluding hydrogens is 236 g/mol. The van der Waals surface area contributed by atoms with Gasteiger partial charge in [0.15, 0.2) is 0 Å². The fourth-order valence-electron chi connectivity index (χ4n) is 2.28. The highest BCUT2D eigenvalue weighted by Crippen LogP contribution is 2.29. The number of aliphatic hydroxyl groups excluding tert-OH is 1. The normalized spacial score (nSPS) is 26.8. The Morgan fingerprint density at radius 2 is 2.06 bits per heavy atom. The smallest absolute Gasteiger partial charge is 0.0915 e. The summed E-state index contributed by atoms with van der Waals surface area (Å²) in [5, 5.41) is 11.0. The van der Waals surface area contributed by atoms with E-state index < -0.39 is 11.7 Å². The van der Waals surface area contributed by atoms with E-state index in [9.17, 15) is 5.11 Å². The summed E-state index contributed by atoms with van der Waals surface area (Å²) in [5.74, 6) is 0. The van der Waals surface area contributed by atoms with Gasteiger partial charge in [0.05, 0.1) is 11.7 Å². The van der Waals surface area contributed by atoms with Gasteiger partial charge >= 0.3 is 0 Å². The summed E-state index contributed by atoms with van der Waals surface area (Å²) in [7, 11) is 0. The zero-order chi connectivity index (χ0) is 12.3. The van der Waals surface area contributed by atoms with Crippen LogP contribution in [0.15, 0.2) is 24.3 Å². The molecule has 0 saturated carbocycles. The fraction of sp³-hybridized carbons (Fsp3) is 0.571. The summed E-state index contributed by atoms with van der Waals surface area (Å²) in [6.45, 7) is 2.76. The molecule has 0 bridgehead atoms. The maximum atomic E-state index is 10.3. The zero-order valence-electron chi connectivity index (χ0n) is 10.2. The molecule has 1 heterocycles. The summed E-state index contributed by atoms with van der Waals surface area (Å²) < 4.78 is 5.75. The Morgan fingerprint density at radius 1 is 1.35 bits per heavy atom. The molecule has 0 spiro atoms. The molecule has 17 heavy (non-hydrogen) atoms. The fourth-order valence-corrected chi connectivity index (χ4v) is 2.40. The van der Waals surface area contributed by atoms with E-state index in [4.69, 9.17) is 16.3 Å². The average Bonchev–Trinajstić information content (AvgIpc) is 2.33. The van der Waals surface area contributed by atoms with E-state index in [2.05, 4.69) is 0 Å². The average molecular weight is 255 g/mol. The van der Waals surface area contributed by atoms with E-state index in [1.165, 1.54) is 0 Å². The van der Waals surface area contributed by atoms with Crippen molar-refractivity contribution in [2.24, 2.45) is 0 Å². The maximum absolute atomic E-state index is 10.3. The van der Waals surface area contributed by atoms with Gasteiger partial charge in [-0.3, -0.25) is 0 Å². The Bertz CT molecular complexity index is 355. The molecule has 0 aliphatic carbocycles. The molecule has 1 aliphatic heterocycles. The van der Waals surface area contributed by atoms with Gasteiger partial charge in [0, 0.05) is 18.1 Å². The molecule has 0 radical (unpaired) electrons. The van der Waals surface area contributed by atoms with Crippen molar-refractivity contribution in [2.45, 2.75) is 44.3 Å². The predicted octanol–water partition coefficient (Wildman–Crippen LogP) is 3.20. The highest BCUT2D eigenvalue weighted by Gasteiger charge is 2.35. The van der Waals surface area contributed by atoms with E-state index in [0.29, 0.717) is 6.42 Å². The second-order valence-electron chi connectivity index (χ2n) is 4.96. The van der Waals surface area contributed by atoms with Crippen LogP contribution < -0.4 is 0 Å². The van der Waals surface area contributed by atoms with Crippen LogP contribution in [0.1, 0.15) is 31.7 Å². The number of benzene rings is 1. The minimum absolute atomic E-state index is 0.391. The van der Waals surface area contributed by atoms with Crippen LogP contribution in [0.3, 0.4) is 0 Å². The van der Waals surface area contributed by atoms with Crippen molar-refractivity contribution >= 4 is 11.6 Å². The van der Waals surface area contributed by atoms with E-state index >= 15 is 0 Å². The van der Waals surface area contributed by atoms with Gasteiger partial charge in [0.25, 0.3) is 0 Å². The maximum Gasteiger partial charge on any atom is 0.0915 e. The van der Waals surface area contributed by atoms with Gasteiger partial charge < -0.3 is 9.84 Å². The Hall–Kier alpha value is -0.570. The summed E-state index contributed by atoms with van der Waals surface area (Å²) in [6.07, 6.45) is 3.33. The third kappa shape index (κ3) is 3.21. The van der Waals surface area contributed by atoms with Crippen molar-refractivity contribution < 1.29 is 9.84 Å². The van der Waals surface area contributed by atoms with Gasteiger partial charge in [-0.25, -0.2) is 0 Å². The largest absolute Gasteiger partial charge is 0.390 e. The quantitative estimate of drug-likeness (QED) is 0.898. The Balaban J connectivity index is 2.00. The number of ether oxygens (including phenoxy) is 1. The molecule has 0 amide bonds. The summed E-state index contributed by atoms with van der Waals surface area (Å²) >= 11 is 5.84. The lowest BCUT2D eigenvalue weighted by atomic mass is 9.87. The lowest BCUT2D eigenvalue weighted by molar-refractivity contribution is -0.135. The first-order chi connectivity index (χ1) is 8.10. The molecule has 2 atom stereocenters. The minimum atomic E-state index is -0.455. The standard InChI is InChI=1S/C14H19ClO2/c1-14(8-2-3-9-17-14)13(16)10-11-4-6-12(15)7-5-11/h4-7,13,16H,2-3,8-10H2,1H3. The molecule has 94 valence electrons. The Morgan fingerprint density at radius 3 is 2.65 bits per heavy atom. The van der Waals surface area contributed by atoms with Gasteiger partial charge in [-0.15, -0.1) is 0 Å². The van der Waals surface area contributed by atoms with Crippen molar-refractivity contribution in [3.8, 4) is 0 Å². The van der Waals surface area contributed by atoms with E-state index in [1.807, 2.05) is 31.2 Å². The first-order valence-corrected chi connectivity index (χ1v) is 6.54. The third-order valence-electron chi connectivity index (χ3n) is 3.55. The van der Waals surface area contributed by atoms with Crippen LogP contribution in [-0.2, 0) is 11.2 Å². The second-order valence-corrected chi connectivity index (χ2v) is 5.40. The van der Waals surface area contributed by atoms with E-state index in [1.54, 1.807) is 0 Å². The first kappa shape index (κ1) is 12.9. The van der Waals surface area contributed by atoms with Gasteiger partial charge in [-0.1, -0.05) is 23.7 Å². The molecule has 2 rings (SSSR count). The van der Waals surface area contributed by atoms with Crippen molar-refractivity contribution in [1.82, 2.24) is 0 Å². The highest BCUT2D eigenvalue weighted by molar-refractivity contribution is 6.30. The summed E-state index contributed by atoms with van der Waals surface area (Å²) in [6, 6.07) is 7.62. The molecule has 1 aliphatic rings. The van der Waals surface area contributed by atoms with Crippen LogP contribution in [0.2, 0.25) is 5.02 Å². The number of hydrogen-bond donors (Lipinski definition) is 1. The number of aliphatic hydroxyl groups is 1. The zero-order valence-corrected chi connectivity index (χ0v) is 10.9. The monoisotopic (exact) mass is 254 g/mol. The molecule has 1 fully saturated rings. The third-order valence-corrected chi connectivity index (χ3v) is 3.80. The van der Waals surface area contributed by atoms with Gasteiger partial charge in [0.2, 0.25) is 0 Å². The molecule has 2 nitrogen and oxygen atoms in total. The lowest BCUT2D eigenvalue weighted by Crippen LogP contribution is -2.45. The van der Waals surface area contributed by atoms with Crippen LogP contribution in [0.25, 0.3) is 0 Å². The van der Waals surface area contributed by atoms with Crippen molar-refractivity contribution in [2.75, 3.05) is 6.61 Å². The molecule has 2 unspecified atom stereocenters. The summed E-state index contributed by atoms with van der Waals surface area (Å²) in [5.41, 5.74) is 0.704. The topological polar surface area (TPSA) is 29.5 Å². The van der Waals surface area contributed by atoms with Crippen LogP contribution in [0, 0.1) is 0 Å². The number of rotatable bonds is 3. The van der Waals surface area contributed by atoms with Crippen LogP contribution in [0.4, 0.5) is 0 Å². The van der Waals surface area contributed by atoms with Crippen LogP contribution >= 0.6 is 11.6 Å². The first-order valence-electron chi connectivity index (χ1n) is 6.17. The van der Waals surface area contributed by atoms with Crippen molar-refractivity contribution in [3.63, 3.8) is 0 Å². The SMILES string of the molecule is CC1(C(O)Cc2ccc(Cl)cc2)CCCCO1. The molecule has 1 N–H and O–H groups in total. The van der Waals surface area contributed by atoms with E-state index in [-0.39, 0.29) is 0 Å².